The minimum absolute atomic E-state index is 0.764. The van der Waals surface area contributed by atoms with Gasteiger partial charge in [0.25, 0.3) is 0 Å². The van der Waals surface area contributed by atoms with Crippen LogP contribution in [0.5, 0.6) is 0 Å². The molecule has 3 aliphatic rings. The van der Waals surface area contributed by atoms with E-state index < -0.39 is 0 Å². The van der Waals surface area contributed by atoms with Crippen LogP contribution in [0.4, 0.5) is 0 Å². The summed E-state index contributed by atoms with van der Waals surface area (Å²) in [5.41, 5.74) is 0.764. The summed E-state index contributed by atoms with van der Waals surface area (Å²) < 4.78 is 0. The number of hydrogen-bond acceptors (Lipinski definition) is 0. The maximum atomic E-state index is 2.43. The minimum Gasteiger partial charge on any atom is -0.0651 e. The van der Waals surface area contributed by atoms with E-state index in [-0.39, 0.29) is 0 Å². The molecule has 0 saturated heterocycles. The van der Waals surface area contributed by atoms with Gasteiger partial charge in [0.1, 0.15) is 0 Å². The van der Waals surface area contributed by atoms with E-state index in [4.69, 9.17) is 0 Å². The van der Waals surface area contributed by atoms with Crippen molar-refractivity contribution in [3.05, 3.63) is 0 Å². The molecule has 0 N–H and O–H groups in total. The molecule has 0 atom stereocenters. The fourth-order valence-electron chi connectivity index (χ4n) is 6.84. The average Bonchev–Trinajstić information content (AvgIpc) is 2.54. The molecule has 0 radical (unpaired) electrons. The first kappa shape index (κ1) is 18.8. The summed E-state index contributed by atoms with van der Waals surface area (Å²) in [5.74, 6) is 3.22. The molecular formula is C24H44. The second kappa shape index (κ2) is 9.63. The van der Waals surface area contributed by atoms with E-state index >= 15 is 0 Å². The van der Waals surface area contributed by atoms with Gasteiger partial charge in [-0.05, 0) is 74.5 Å². The van der Waals surface area contributed by atoms with E-state index in [1.54, 1.807) is 51.4 Å². The van der Waals surface area contributed by atoms with Crippen molar-refractivity contribution >= 4 is 0 Å². The monoisotopic (exact) mass is 332 g/mol. The summed E-state index contributed by atoms with van der Waals surface area (Å²) in [5, 5.41) is 0. The summed E-state index contributed by atoms with van der Waals surface area (Å²) in [6.07, 6.45) is 29.3. The van der Waals surface area contributed by atoms with Gasteiger partial charge >= 0.3 is 0 Å². The Balaban J connectivity index is 1.76. The first-order valence-electron chi connectivity index (χ1n) is 11.8. The van der Waals surface area contributed by atoms with Crippen LogP contribution in [-0.2, 0) is 0 Å². The lowest BCUT2D eigenvalue weighted by atomic mass is 9.53. The van der Waals surface area contributed by atoms with Crippen molar-refractivity contribution in [3.63, 3.8) is 0 Å². The van der Waals surface area contributed by atoms with Gasteiger partial charge in [-0.25, -0.2) is 0 Å². The van der Waals surface area contributed by atoms with Gasteiger partial charge in [0, 0.05) is 0 Å². The van der Waals surface area contributed by atoms with Crippen molar-refractivity contribution in [2.45, 2.75) is 129 Å². The van der Waals surface area contributed by atoms with Crippen molar-refractivity contribution in [2.24, 2.45) is 23.2 Å². The fraction of sp³-hybridized carbons (Fsp3) is 1.00. The highest BCUT2D eigenvalue weighted by Crippen LogP contribution is 2.56. The van der Waals surface area contributed by atoms with Gasteiger partial charge in [-0.3, -0.25) is 0 Å². The smallest absolute Gasteiger partial charge is 0.0241 e. The third kappa shape index (κ3) is 4.59. The van der Waals surface area contributed by atoms with Crippen LogP contribution >= 0.6 is 0 Å². The molecule has 0 nitrogen and oxygen atoms in total. The summed E-state index contributed by atoms with van der Waals surface area (Å²) in [7, 11) is 0. The van der Waals surface area contributed by atoms with Gasteiger partial charge in [-0.2, -0.15) is 0 Å². The van der Waals surface area contributed by atoms with Crippen molar-refractivity contribution in [1.82, 2.24) is 0 Å². The third-order valence-corrected chi connectivity index (χ3v) is 8.45. The summed E-state index contributed by atoms with van der Waals surface area (Å²) >= 11 is 0. The molecule has 0 aliphatic heterocycles. The van der Waals surface area contributed by atoms with Crippen LogP contribution in [-0.4, -0.2) is 0 Å². The predicted octanol–water partition coefficient (Wildman–Crippen LogP) is 8.29. The summed E-state index contributed by atoms with van der Waals surface area (Å²) in [6, 6.07) is 0. The Labute approximate surface area is 152 Å². The van der Waals surface area contributed by atoms with Crippen LogP contribution in [0.15, 0.2) is 0 Å². The van der Waals surface area contributed by atoms with E-state index in [0.29, 0.717) is 0 Å². The van der Waals surface area contributed by atoms with E-state index in [1.807, 2.05) is 0 Å². The molecule has 3 rings (SSSR count). The van der Waals surface area contributed by atoms with Crippen LogP contribution in [0.2, 0.25) is 0 Å². The second-order valence-corrected chi connectivity index (χ2v) is 9.67. The first-order valence-corrected chi connectivity index (χ1v) is 11.8. The summed E-state index contributed by atoms with van der Waals surface area (Å²) in [4.78, 5) is 0. The van der Waals surface area contributed by atoms with Crippen molar-refractivity contribution in [2.75, 3.05) is 0 Å². The third-order valence-electron chi connectivity index (χ3n) is 8.45. The molecule has 0 aromatic heterocycles. The molecule has 140 valence electrons. The van der Waals surface area contributed by atoms with Gasteiger partial charge in [-0.15, -0.1) is 0 Å². The van der Waals surface area contributed by atoms with Gasteiger partial charge in [0.05, 0.1) is 0 Å². The highest BCUT2D eigenvalue weighted by molar-refractivity contribution is 4.96. The molecule has 0 bridgehead atoms. The zero-order valence-corrected chi connectivity index (χ0v) is 16.7. The molecule has 3 saturated carbocycles. The highest BCUT2D eigenvalue weighted by Gasteiger charge is 2.45. The lowest BCUT2D eigenvalue weighted by Crippen LogP contribution is -2.42. The van der Waals surface area contributed by atoms with Gasteiger partial charge in [0.2, 0.25) is 0 Å². The Hall–Kier alpha value is 0. The highest BCUT2D eigenvalue weighted by atomic mass is 14.5. The van der Waals surface area contributed by atoms with Crippen LogP contribution in [0, 0.1) is 23.2 Å². The predicted molar refractivity (Wildman–Crippen MR) is 106 cm³/mol. The van der Waals surface area contributed by atoms with Crippen molar-refractivity contribution in [1.29, 1.82) is 0 Å². The Morgan fingerprint density at radius 1 is 0.542 bits per heavy atom. The second-order valence-electron chi connectivity index (χ2n) is 9.67. The van der Waals surface area contributed by atoms with Gasteiger partial charge in [-0.1, -0.05) is 77.6 Å². The maximum absolute atomic E-state index is 2.43. The quantitative estimate of drug-likeness (QED) is 0.487. The molecule has 0 heterocycles. The van der Waals surface area contributed by atoms with Gasteiger partial charge < -0.3 is 0 Å². The average molecular weight is 333 g/mol. The van der Waals surface area contributed by atoms with Crippen molar-refractivity contribution < 1.29 is 0 Å². The zero-order chi connectivity index (χ0) is 16.7. The van der Waals surface area contributed by atoms with E-state index in [0.717, 1.165) is 23.2 Å². The molecule has 0 aromatic rings. The zero-order valence-electron chi connectivity index (χ0n) is 16.7. The molecule has 3 aliphatic carbocycles. The molecule has 24 heavy (non-hydrogen) atoms. The molecule has 0 spiro atoms. The van der Waals surface area contributed by atoms with E-state index in [9.17, 15) is 0 Å². The van der Waals surface area contributed by atoms with Crippen LogP contribution in [0.3, 0.4) is 0 Å². The topological polar surface area (TPSA) is 0 Å². The molecule has 3 fully saturated rings. The minimum atomic E-state index is 0.764. The van der Waals surface area contributed by atoms with Crippen molar-refractivity contribution in [3.8, 4) is 0 Å². The SMILES string of the molecule is CCC1CCC(C2CCCCCCC2)(C2CCCCCCC2)CC1. The standard InChI is InChI=1S/C24H44/c1-2-21-17-19-24(20-18-21,22-13-9-5-3-6-10-14-22)23-15-11-7-4-8-12-16-23/h21-23H,2-20H2,1H3. The summed E-state index contributed by atoms with van der Waals surface area (Å²) in [6.45, 7) is 2.43. The molecule has 0 heteroatoms. The number of rotatable bonds is 3. The Bertz CT molecular complexity index is 296. The van der Waals surface area contributed by atoms with Gasteiger partial charge in [0.15, 0.2) is 0 Å². The van der Waals surface area contributed by atoms with E-state index in [2.05, 4.69) is 6.92 Å². The molecule has 0 amide bonds. The normalized spacial score (nSPS) is 29.4. The molecule has 0 aromatic carbocycles. The fourth-order valence-corrected chi connectivity index (χ4v) is 6.84. The maximum Gasteiger partial charge on any atom is -0.0241 e. The van der Waals surface area contributed by atoms with Crippen LogP contribution in [0.1, 0.15) is 129 Å². The number of hydrogen-bond donors (Lipinski definition) is 0. The molecular weight excluding hydrogens is 288 g/mol. The van der Waals surface area contributed by atoms with Crippen LogP contribution < -0.4 is 0 Å². The lowest BCUT2D eigenvalue weighted by molar-refractivity contribution is -0.0166. The first-order chi connectivity index (χ1) is 11.8. The lowest BCUT2D eigenvalue weighted by Gasteiger charge is -2.52. The Kier molecular flexibility index (Phi) is 7.54. The van der Waals surface area contributed by atoms with E-state index in [1.165, 1.54) is 70.6 Å². The largest absolute Gasteiger partial charge is 0.0651 e. The van der Waals surface area contributed by atoms with Crippen LogP contribution in [0.25, 0.3) is 0 Å². The Morgan fingerprint density at radius 3 is 1.29 bits per heavy atom. The molecule has 0 unspecified atom stereocenters. The Morgan fingerprint density at radius 2 is 0.917 bits per heavy atom.